The van der Waals surface area contributed by atoms with Gasteiger partial charge in [-0.25, -0.2) is 9.18 Å². The zero-order chi connectivity index (χ0) is 15.7. The topological polar surface area (TPSA) is 40.5 Å². The summed E-state index contributed by atoms with van der Waals surface area (Å²) in [6, 6.07) is 12.1. The number of nitrogens with zero attached hydrogens (tertiary/aromatic N) is 1. The van der Waals surface area contributed by atoms with Gasteiger partial charge in [-0.15, -0.1) is 0 Å². The molecule has 1 aromatic heterocycles. The van der Waals surface area contributed by atoms with Crippen molar-refractivity contribution in [1.82, 2.24) is 4.57 Å². The second-order valence-electron chi connectivity index (χ2n) is 4.71. The lowest BCUT2D eigenvalue weighted by atomic mass is 10.2. The number of benzene rings is 2. The smallest absolute Gasteiger partial charge is 0.340 e. The van der Waals surface area contributed by atoms with Crippen LogP contribution in [-0.2, 0) is 4.74 Å². The Balaban J connectivity index is 2.30. The van der Waals surface area contributed by atoms with Gasteiger partial charge in [0.2, 0.25) is 0 Å². The molecule has 112 valence electrons. The van der Waals surface area contributed by atoms with Crippen molar-refractivity contribution < 1.29 is 18.7 Å². The largest absolute Gasteiger partial charge is 0.494 e. The summed E-state index contributed by atoms with van der Waals surface area (Å²) in [6.07, 6.45) is 1.58. The van der Waals surface area contributed by atoms with Gasteiger partial charge in [-0.05, 0) is 18.2 Å². The van der Waals surface area contributed by atoms with Gasteiger partial charge in [0.15, 0.2) is 11.6 Å². The van der Waals surface area contributed by atoms with Gasteiger partial charge in [0, 0.05) is 11.6 Å². The molecule has 0 saturated heterocycles. The highest BCUT2D eigenvalue weighted by Gasteiger charge is 2.18. The molecule has 4 nitrogen and oxygen atoms in total. The van der Waals surface area contributed by atoms with E-state index in [1.807, 2.05) is 18.2 Å². The highest BCUT2D eigenvalue weighted by Crippen LogP contribution is 2.29. The Bertz CT molecular complexity index is 854. The summed E-state index contributed by atoms with van der Waals surface area (Å²) in [4.78, 5) is 11.9. The lowest BCUT2D eigenvalue weighted by molar-refractivity contribution is 0.0603. The molecule has 0 aliphatic rings. The molecule has 2 aromatic carbocycles. The first-order valence-corrected chi connectivity index (χ1v) is 6.68. The van der Waals surface area contributed by atoms with Crippen LogP contribution in [0.4, 0.5) is 4.39 Å². The summed E-state index contributed by atoms with van der Waals surface area (Å²) in [5.74, 6) is -0.796. The maximum atomic E-state index is 14.5. The Morgan fingerprint density at radius 3 is 2.59 bits per heavy atom. The minimum atomic E-state index is -0.484. The summed E-state index contributed by atoms with van der Waals surface area (Å²) in [5.41, 5.74) is 1.42. The van der Waals surface area contributed by atoms with Crippen LogP contribution in [0.15, 0.2) is 48.7 Å². The predicted molar refractivity (Wildman–Crippen MR) is 81.1 cm³/mol. The molecule has 0 aliphatic heterocycles. The summed E-state index contributed by atoms with van der Waals surface area (Å²) < 4.78 is 26.0. The van der Waals surface area contributed by atoms with E-state index in [1.54, 1.807) is 35.0 Å². The van der Waals surface area contributed by atoms with Crippen molar-refractivity contribution in [1.29, 1.82) is 0 Å². The van der Waals surface area contributed by atoms with Crippen molar-refractivity contribution in [2.45, 2.75) is 0 Å². The molecule has 0 saturated carbocycles. The third kappa shape index (κ3) is 2.11. The highest BCUT2D eigenvalue weighted by atomic mass is 19.1. The lowest BCUT2D eigenvalue weighted by Gasteiger charge is -2.09. The molecule has 0 atom stereocenters. The predicted octanol–water partition coefficient (Wildman–Crippen LogP) is 3.56. The first-order valence-electron chi connectivity index (χ1n) is 6.68. The maximum Gasteiger partial charge on any atom is 0.340 e. The van der Waals surface area contributed by atoms with Crippen molar-refractivity contribution >= 4 is 16.9 Å². The van der Waals surface area contributed by atoms with Gasteiger partial charge in [0.05, 0.1) is 31.0 Å². The fourth-order valence-corrected chi connectivity index (χ4v) is 2.49. The fourth-order valence-electron chi connectivity index (χ4n) is 2.49. The number of fused-ring (bicyclic) bond motifs is 1. The van der Waals surface area contributed by atoms with Crippen LogP contribution in [0.1, 0.15) is 10.4 Å². The normalized spacial score (nSPS) is 10.7. The Labute approximate surface area is 126 Å². The number of hydrogen-bond acceptors (Lipinski definition) is 3. The standard InChI is InChI=1S/C17H14FNO3/c1-21-15-9-5-8-14(16(15)18)19-10-12(17(20)22-2)11-6-3-4-7-13(11)19/h3-10H,1-2H3. The summed E-state index contributed by atoms with van der Waals surface area (Å²) in [7, 11) is 2.73. The molecule has 0 fully saturated rings. The number of carbonyl (C=O) groups excluding carboxylic acids is 1. The highest BCUT2D eigenvalue weighted by molar-refractivity contribution is 6.04. The van der Waals surface area contributed by atoms with Gasteiger partial charge < -0.3 is 14.0 Å². The van der Waals surface area contributed by atoms with Gasteiger partial charge in [-0.1, -0.05) is 24.3 Å². The fraction of sp³-hybridized carbons (Fsp3) is 0.118. The molecule has 3 aromatic rings. The van der Waals surface area contributed by atoms with Crippen LogP contribution in [0.3, 0.4) is 0 Å². The van der Waals surface area contributed by atoms with Crippen LogP contribution in [0.5, 0.6) is 5.75 Å². The van der Waals surface area contributed by atoms with E-state index < -0.39 is 11.8 Å². The third-order valence-electron chi connectivity index (χ3n) is 3.54. The molecule has 5 heteroatoms. The molecule has 0 aliphatic carbocycles. The summed E-state index contributed by atoms with van der Waals surface area (Å²) in [6.45, 7) is 0. The molecule has 3 rings (SSSR count). The average molecular weight is 299 g/mol. The van der Waals surface area contributed by atoms with E-state index in [9.17, 15) is 9.18 Å². The van der Waals surface area contributed by atoms with Gasteiger partial charge >= 0.3 is 5.97 Å². The van der Waals surface area contributed by atoms with E-state index in [4.69, 9.17) is 9.47 Å². The average Bonchev–Trinajstić information content (AvgIpc) is 2.94. The molecular weight excluding hydrogens is 285 g/mol. The first kappa shape index (κ1) is 14.1. The Kier molecular flexibility index (Phi) is 3.55. The van der Waals surface area contributed by atoms with E-state index in [0.717, 1.165) is 5.52 Å². The molecular formula is C17H14FNO3. The molecule has 0 radical (unpaired) electrons. The van der Waals surface area contributed by atoms with Crippen molar-refractivity contribution in [2.24, 2.45) is 0 Å². The zero-order valence-electron chi connectivity index (χ0n) is 12.2. The van der Waals surface area contributed by atoms with Crippen LogP contribution >= 0.6 is 0 Å². The number of para-hydroxylation sites is 1. The van der Waals surface area contributed by atoms with E-state index in [0.29, 0.717) is 16.6 Å². The lowest BCUT2D eigenvalue weighted by Crippen LogP contribution is -2.01. The summed E-state index contributed by atoms with van der Waals surface area (Å²) in [5, 5.41) is 0.705. The van der Waals surface area contributed by atoms with Crippen molar-refractivity contribution in [2.75, 3.05) is 14.2 Å². The molecule has 0 N–H and O–H groups in total. The van der Waals surface area contributed by atoms with Crippen LogP contribution in [0, 0.1) is 5.82 Å². The molecule has 0 bridgehead atoms. The van der Waals surface area contributed by atoms with Gasteiger partial charge in [0.1, 0.15) is 0 Å². The van der Waals surface area contributed by atoms with E-state index in [-0.39, 0.29) is 5.75 Å². The molecule has 0 amide bonds. The zero-order valence-corrected chi connectivity index (χ0v) is 12.2. The number of methoxy groups -OCH3 is 2. The van der Waals surface area contributed by atoms with Gasteiger partial charge in [-0.3, -0.25) is 0 Å². The number of carbonyl (C=O) groups is 1. The minimum absolute atomic E-state index is 0.148. The molecule has 1 heterocycles. The second-order valence-corrected chi connectivity index (χ2v) is 4.71. The quantitative estimate of drug-likeness (QED) is 0.694. The molecule has 22 heavy (non-hydrogen) atoms. The van der Waals surface area contributed by atoms with Gasteiger partial charge in [-0.2, -0.15) is 0 Å². The number of esters is 1. The van der Waals surface area contributed by atoms with Crippen molar-refractivity contribution in [3.8, 4) is 11.4 Å². The minimum Gasteiger partial charge on any atom is -0.494 e. The Morgan fingerprint density at radius 2 is 1.86 bits per heavy atom. The van der Waals surface area contributed by atoms with Crippen molar-refractivity contribution in [3.05, 3.63) is 60.0 Å². The number of rotatable bonds is 3. The van der Waals surface area contributed by atoms with Crippen LogP contribution in [0.25, 0.3) is 16.6 Å². The SMILES string of the molecule is COC(=O)c1cn(-c2cccc(OC)c2F)c2ccccc12. The maximum absolute atomic E-state index is 14.5. The van der Waals surface area contributed by atoms with Crippen LogP contribution < -0.4 is 4.74 Å². The number of halogens is 1. The third-order valence-corrected chi connectivity index (χ3v) is 3.54. The van der Waals surface area contributed by atoms with E-state index >= 15 is 0 Å². The van der Waals surface area contributed by atoms with Gasteiger partial charge in [0.25, 0.3) is 0 Å². The van der Waals surface area contributed by atoms with Crippen LogP contribution in [0.2, 0.25) is 0 Å². The Morgan fingerprint density at radius 1 is 1.09 bits per heavy atom. The molecule has 0 unspecified atom stereocenters. The number of aromatic nitrogens is 1. The van der Waals surface area contributed by atoms with E-state index in [1.165, 1.54) is 14.2 Å². The molecule has 0 spiro atoms. The Hall–Kier alpha value is -2.82. The summed E-state index contributed by atoms with van der Waals surface area (Å²) >= 11 is 0. The van der Waals surface area contributed by atoms with Crippen molar-refractivity contribution in [3.63, 3.8) is 0 Å². The number of hydrogen-bond donors (Lipinski definition) is 0. The number of ether oxygens (including phenoxy) is 2. The van der Waals surface area contributed by atoms with E-state index in [2.05, 4.69) is 0 Å². The van der Waals surface area contributed by atoms with Crippen LogP contribution in [-0.4, -0.2) is 24.8 Å². The monoisotopic (exact) mass is 299 g/mol. The first-order chi connectivity index (χ1) is 10.7. The second kappa shape index (κ2) is 5.52.